The lowest BCUT2D eigenvalue weighted by Crippen LogP contribution is -2.47. The number of carbonyl (C=O) groups excluding carboxylic acids is 1. The molecule has 1 amide bonds. The molecule has 3 aromatic heterocycles. The van der Waals surface area contributed by atoms with Gasteiger partial charge in [0, 0.05) is 37.6 Å². The van der Waals surface area contributed by atoms with Crippen LogP contribution in [0.3, 0.4) is 0 Å². The number of halogens is 1. The first kappa shape index (κ1) is 22.6. The number of nitrogens with one attached hydrogen (secondary N) is 2. The van der Waals surface area contributed by atoms with Gasteiger partial charge >= 0.3 is 0 Å². The summed E-state index contributed by atoms with van der Waals surface area (Å²) >= 11 is 0. The lowest BCUT2D eigenvalue weighted by Gasteiger charge is -2.26. The van der Waals surface area contributed by atoms with Crippen molar-refractivity contribution < 1.29 is 4.79 Å². The van der Waals surface area contributed by atoms with Gasteiger partial charge in [-0.15, -0.1) is 12.4 Å². The summed E-state index contributed by atoms with van der Waals surface area (Å²) in [7, 11) is 0. The third-order valence-corrected chi connectivity index (χ3v) is 5.66. The second-order valence-electron chi connectivity index (χ2n) is 8.21. The highest BCUT2D eigenvalue weighted by atomic mass is 35.5. The predicted molar refractivity (Wildman–Crippen MR) is 127 cm³/mol. The normalized spacial score (nSPS) is 15.8. The van der Waals surface area contributed by atoms with Crippen molar-refractivity contribution in [3.8, 4) is 17.3 Å². The molecule has 3 aromatic rings. The maximum Gasteiger partial charge on any atom is 0.234 e. The molecule has 0 bridgehead atoms. The minimum absolute atomic E-state index is 0. The maximum absolute atomic E-state index is 11.7. The molecule has 1 saturated heterocycles. The van der Waals surface area contributed by atoms with E-state index in [1.54, 1.807) is 24.5 Å². The van der Waals surface area contributed by atoms with E-state index in [0.29, 0.717) is 42.8 Å². The fourth-order valence-corrected chi connectivity index (χ4v) is 3.90. The number of piperazine rings is 1. The summed E-state index contributed by atoms with van der Waals surface area (Å²) < 4.78 is 0. The topological polar surface area (TPSA) is 107 Å². The Morgan fingerprint density at radius 1 is 1.12 bits per heavy atom. The van der Waals surface area contributed by atoms with Crippen molar-refractivity contribution in [2.45, 2.75) is 25.3 Å². The van der Waals surface area contributed by atoms with Crippen molar-refractivity contribution in [3.05, 3.63) is 65.6 Å². The molecule has 1 aliphatic carbocycles. The average Bonchev–Trinajstić information content (AvgIpc) is 3.65. The highest BCUT2D eigenvalue weighted by Gasteiger charge is 2.25. The third kappa shape index (κ3) is 5.64. The fraction of sp³-hybridized carbons (Fsp3) is 0.292. The lowest BCUT2D eigenvalue weighted by molar-refractivity contribution is -0.124. The minimum Gasteiger partial charge on any atom is -0.354 e. The Kier molecular flexibility index (Phi) is 6.82. The first-order valence-electron chi connectivity index (χ1n) is 10.8. The van der Waals surface area contributed by atoms with E-state index in [1.807, 2.05) is 12.1 Å². The SMILES string of the molecule is Cl.N#Cc1ccnc(Nc2cc(C3CC3)cc(-c3ccnc(CN4CCNC(=O)C4)c3)n2)c1. The van der Waals surface area contributed by atoms with E-state index >= 15 is 0 Å². The smallest absolute Gasteiger partial charge is 0.234 e. The summed E-state index contributed by atoms with van der Waals surface area (Å²) in [4.78, 5) is 27.4. The summed E-state index contributed by atoms with van der Waals surface area (Å²) in [6, 6.07) is 13.7. The second-order valence-corrected chi connectivity index (χ2v) is 8.21. The molecule has 5 rings (SSSR count). The van der Waals surface area contributed by atoms with E-state index in [1.165, 1.54) is 18.4 Å². The largest absolute Gasteiger partial charge is 0.354 e. The Bertz CT molecular complexity index is 1210. The Morgan fingerprint density at radius 3 is 2.76 bits per heavy atom. The Hall–Kier alpha value is -3.54. The number of anilines is 2. The van der Waals surface area contributed by atoms with Crippen molar-refractivity contribution in [2.75, 3.05) is 25.0 Å². The van der Waals surface area contributed by atoms with Crippen molar-refractivity contribution in [1.82, 2.24) is 25.2 Å². The minimum atomic E-state index is 0. The molecular weight excluding hydrogens is 438 g/mol. The van der Waals surface area contributed by atoms with E-state index < -0.39 is 0 Å². The Morgan fingerprint density at radius 2 is 1.97 bits per heavy atom. The zero-order chi connectivity index (χ0) is 21.9. The van der Waals surface area contributed by atoms with E-state index in [0.717, 1.165) is 23.5 Å². The van der Waals surface area contributed by atoms with Crippen molar-refractivity contribution in [1.29, 1.82) is 5.26 Å². The van der Waals surface area contributed by atoms with Gasteiger partial charge < -0.3 is 10.6 Å². The van der Waals surface area contributed by atoms with Crippen LogP contribution in [0.5, 0.6) is 0 Å². The van der Waals surface area contributed by atoms with Gasteiger partial charge in [0.1, 0.15) is 11.6 Å². The van der Waals surface area contributed by atoms with Crippen LogP contribution in [0.15, 0.2) is 48.8 Å². The van der Waals surface area contributed by atoms with Gasteiger partial charge in [-0.1, -0.05) is 0 Å². The number of pyridine rings is 3. The van der Waals surface area contributed by atoms with E-state index in [-0.39, 0.29) is 18.3 Å². The van der Waals surface area contributed by atoms with Crippen molar-refractivity contribution in [2.24, 2.45) is 0 Å². The van der Waals surface area contributed by atoms with Crippen molar-refractivity contribution >= 4 is 29.9 Å². The molecule has 33 heavy (non-hydrogen) atoms. The molecule has 168 valence electrons. The predicted octanol–water partition coefficient (Wildman–Crippen LogP) is 3.38. The van der Waals surface area contributed by atoms with Gasteiger partial charge in [-0.25, -0.2) is 9.97 Å². The average molecular weight is 462 g/mol. The number of nitriles is 1. The van der Waals surface area contributed by atoms with Gasteiger partial charge in [-0.3, -0.25) is 14.7 Å². The van der Waals surface area contributed by atoms with Gasteiger partial charge in [0.25, 0.3) is 0 Å². The number of amides is 1. The molecule has 0 radical (unpaired) electrons. The highest BCUT2D eigenvalue weighted by Crippen LogP contribution is 2.42. The van der Waals surface area contributed by atoms with E-state index in [4.69, 9.17) is 10.2 Å². The summed E-state index contributed by atoms with van der Waals surface area (Å²) in [6.07, 6.45) is 5.78. The van der Waals surface area contributed by atoms with Crippen LogP contribution in [-0.2, 0) is 11.3 Å². The Balaban J connectivity index is 0.00000259. The molecule has 4 heterocycles. The van der Waals surface area contributed by atoms with Crippen molar-refractivity contribution in [3.63, 3.8) is 0 Å². The van der Waals surface area contributed by atoms with Crippen LogP contribution in [0.4, 0.5) is 11.6 Å². The molecule has 1 saturated carbocycles. The number of rotatable bonds is 6. The van der Waals surface area contributed by atoms with Gasteiger partial charge in [-0.05, 0) is 60.7 Å². The van der Waals surface area contributed by atoms with Crippen LogP contribution >= 0.6 is 12.4 Å². The molecule has 9 heteroatoms. The molecule has 0 unspecified atom stereocenters. The summed E-state index contributed by atoms with van der Waals surface area (Å²) in [6.45, 7) is 2.50. The van der Waals surface area contributed by atoms with E-state index in [2.05, 4.69) is 43.7 Å². The zero-order valence-corrected chi connectivity index (χ0v) is 18.8. The molecule has 2 aliphatic rings. The van der Waals surface area contributed by atoms with Crippen LogP contribution in [0.25, 0.3) is 11.3 Å². The monoisotopic (exact) mass is 461 g/mol. The molecule has 1 aliphatic heterocycles. The Labute approximate surface area is 198 Å². The van der Waals surface area contributed by atoms with Gasteiger partial charge in [-0.2, -0.15) is 5.26 Å². The number of aromatic nitrogens is 3. The van der Waals surface area contributed by atoms with Crippen LogP contribution in [0.2, 0.25) is 0 Å². The molecule has 2 N–H and O–H groups in total. The molecule has 2 fully saturated rings. The lowest BCUT2D eigenvalue weighted by atomic mass is 10.1. The van der Waals surface area contributed by atoms with Crippen LogP contribution < -0.4 is 10.6 Å². The van der Waals surface area contributed by atoms with E-state index in [9.17, 15) is 4.79 Å². The molecule has 0 aromatic carbocycles. The number of hydrogen-bond acceptors (Lipinski definition) is 7. The molecule has 8 nitrogen and oxygen atoms in total. The van der Waals surface area contributed by atoms with Gasteiger partial charge in [0.2, 0.25) is 5.91 Å². The van der Waals surface area contributed by atoms with Crippen LogP contribution in [0.1, 0.15) is 35.6 Å². The summed E-state index contributed by atoms with van der Waals surface area (Å²) in [5.41, 5.74) is 4.56. The number of hydrogen-bond donors (Lipinski definition) is 2. The molecule has 0 atom stereocenters. The summed E-state index contributed by atoms with van der Waals surface area (Å²) in [5, 5.41) is 15.3. The standard InChI is InChI=1S/C24H23N7O.ClH/c25-13-16-3-5-27-22(9-16)30-23-12-19(17-1-2-17)11-21(29-23)18-4-6-26-20(10-18)14-31-8-7-28-24(32)15-31;/h3-6,9-12,17H,1-2,7-8,14-15H2,(H,28,32)(H,27,29,30);1H. The second kappa shape index (κ2) is 9.94. The maximum atomic E-state index is 11.7. The zero-order valence-electron chi connectivity index (χ0n) is 18.0. The third-order valence-electron chi connectivity index (χ3n) is 5.66. The number of carbonyl (C=O) groups is 1. The van der Waals surface area contributed by atoms with Crippen LogP contribution in [0, 0.1) is 11.3 Å². The fourth-order valence-electron chi connectivity index (χ4n) is 3.90. The first-order valence-corrected chi connectivity index (χ1v) is 10.8. The quantitative estimate of drug-likeness (QED) is 0.579. The molecule has 0 spiro atoms. The summed E-state index contributed by atoms with van der Waals surface area (Å²) in [5.74, 6) is 1.91. The first-order chi connectivity index (χ1) is 15.7. The van der Waals surface area contributed by atoms with Gasteiger partial charge in [0.05, 0.1) is 29.6 Å². The van der Waals surface area contributed by atoms with Crippen LogP contribution in [-0.4, -0.2) is 45.4 Å². The number of nitrogens with zero attached hydrogens (tertiary/aromatic N) is 5. The molecular formula is C24H24ClN7O. The van der Waals surface area contributed by atoms with Gasteiger partial charge in [0.15, 0.2) is 0 Å². The highest BCUT2D eigenvalue weighted by molar-refractivity contribution is 5.85.